The maximum atomic E-state index is 4.86. The van der Waals surface area contributed by atoms with Crippen LogP contribution in [0.15, 0.2) is 42.5 Å². The number of aromatic nitrogens is 1. The molecule has 1 aliphatic rings. The fraction of sp³-hybridized carbons (Fsp3) is 0.267. The van der Waals surface area contributed by atoms with E-state index in [4.69, 9.17) is 4.98 Å². The first-order valence-corrected chi connectivity index (χ1v) is 6.40. The van der Waals surface area contributed by atoms with Crippen molar-refractivity contribution < 1.29 is 0 Å². The molecule has 0 fully saturated rings. The molecule has 2 heteroatoms. The first kappa shape index (κ1) is 11.1. The molecule has 0 amide bonds. The SMILES string of the molecule is [Li][CH]1CCCc2ccc(-c3ccccc3)nc21. The van der Waals surface area contributed by atoms with Crippen LogP contribution in [0, 0.1) is 0 Å². The van der Waals surface area contributed by atoms with E-state index in [-0.39, 0.29) is 0 Å². The number of rotatable bonds is 1. The molecule has 0 saturated heterocycles. The summed E-state index contributed by atoms with van der Waals surface area (Å²) in [4.78, 5) is 4.86. The third kappa shape index (κ3) is 2.18. The number of hydrogen-bond donors (Lipinski definition) is 0. The van der Waals surface area contributed by atoms with Crippen molar-refractivity contribution in [2.75, 3.05) is 0 Å². The Morgan fingerprint density at radius 1 is 1.06 bits per heavy atom. The molecule has 1 aliphatic carbocycles. The topological polar surface area (TPSA) is 12.9 Å². The second kappa shape index (κ2) is 4.68. The normalized spacial score (nSPS) is 18.8. The van der Waals surface area contributed by atoms with Gasteiger partial charge >= 0.3 is 112 Å². The van der Waals surface area contributed by atoms with Crippen LogP contribution in [0.1, 0.15) is 28.7 Å². The summed E-state index contributed by atoms with van der Waals surface area (Å²) in [7, 11) is 0. The van der Waals surface area contributed by atoms with E-state index in [1.807, 2.05) is 6.07 Å². The van der Waals surface area contributed by atoms with Gasteiger partial charge in [0.1, 0.15) is 0 Å². The zero-order valence-electron chi connectivity index (χ0n) is 10.2. The second-order valence-corrected chi connectivity index (χ2v) is 4.90. The Balaban J connectivity index is 2.06. The predicted octanol–water partition coefficient (Wildman–Crippen LogP) is 3.29. The van der Waals surface area contributed by atoms with Crippen LogP contribution in [-0.2, 0) is 6.42 Å². The van der Waals surface area contributed by atoms with Crippen LogP contribution in [0.3, 0.4) is 0 Å². The first-order valence-electron chi connectivity index (χ1n) is 6.40. The van der Waals surface area contributed by atoms with Crippen LogP contribution in [0.4, 0.5) is 0 Å². The quantitative estimate of drug-likeness (QED) is 0.665. The maximum absolute atomic E-state index is 4.86. The summed E-state index contributed by atoms with van der Waals surface area (Å²) in [6, 6.07) is 14.9. The van der Waals surface area contributed by atoms with Crippen LogP contribution in [-0.4, -0.2) is 22.7 Å². The van der Waals surface area contributed by atoms with Gasteiger partial charge in [-0.15, -0.1) is 0 Å². The number of hydrogen-bond acceptors (Lipinski definition) is 1. The Hall–Kier alpha value is -1.03. The summed E-state index contributed by atoms with van der Waals surface area (Å²) in [5.74, 6) is 0. The molecule has 0 aliphatic heterocycles. The van der Waals surface area contributed by atoms with E-state index in [1.165, 1.54) is 36.1 Å². The second-order valence-electron chi connectivity index (χ2n) is 4.90. The number of nitrogens with zero attached hydrogens (tertiary/aromatic N) is 1. The number of pyridine rings is 1. The van der Waals surface area contributed by atoms with Crippen molar-refractivity contribution in [1.29, 1.82) is 0 Å². The van der Waals surface area contributed by atoms with E-state index in [0.717, 1.165) is 5.69 Å². The monoisotopic (exact) mass is 215 g/mol. The molecule has 2 aromatic rings. The summed E-state index contributed by atoms with van der Waals surface area (Å²) in [5.41, 5.74) is 5.09. The predicted molar refractivity (Wildman–Crippen MR) is 71.1 cm³/mol. The van der Waals surface area contributed by atoms with E-state index in [0.29, 0.717) is 4.59 Å². The van der Waals surface area contributed by atoms with Gasteiger partial charge in [-0.05, 0) is 0 Å². The first-order chi connectivity index (χ1) is 8.34. The van der Waals surface area contributed by atoms with Crippen molar-refractivity contribution in [2.24, 2.45) is 0 Å². The van der Waals surface area contributed by atoms with Crippen molar-refractivity contribution in [3.8, 4) is 11.3 Å². The average molecular weight is 215 g/mol. The van der Waals surface area contributed by atoms with Gasteiger partial charge in [0.15, 0.2) is 0 Å². The molecule has 0 bridgehead atoms. The molecular weight excluding hydrogens is 201 g/mol. The molecule has 3 rings (SSSR count). The van der Waals surface area contributed by atoms with Crippen LogP contribution in [0.5, 0.6) is 0 Å². The third-order valence-corrected chi connectivity index (χ3v) is 3.63. The molecule has 17 heavy (non-hydrogen) atoms. The average Bonchev–Trinajstić information content (AvgIpc) is 2.40. The van der Waals surface area contributed by atoms with E-state index in [1.54, 1.807) is 0 Å². The van der Waals surface area contributed by atoms with Crippen molar-refractivity contribution in [1.82, 2.24) is 4.98 Å². The van der Waals surface area contributed by atoms with E-state index >= 15 is 0 Å². The molecule has 80 valence electrons. The Labute approximate surface area is 111 Å². The molecule has 1 aromatic carbocycles. The molecule has 0 saturated carbocycles. The Bertz CT molecular complexity index is 522. The van der Waals surface area contributed by atoms with Gasteiger partial charge in [0.2, 0.25) is 0 Å². The molecular formula is C15H14LiN. The third-order valence-electron chi connectivity index (χ3n) is 3.63. The van der Waals surface area contributed by atoms with E-state index < -0.39 is 0 Å². The van der Waals surface area contributed by atoms with Crippen LogP contribution < -0.4 is 0 Å². The van der Waals surface area contributed by atoms with Gasteiger partial charge in [-0.25, -0.2) is 0 Å². The molecule has 1 nitrogen and oxygen atoms in total. The number of benzene rings is 1. The minimum absolute atomic E-state index is 0.613. The summed E-state index contributed by atoms with van der Waals surface area (Å²) in [6.07, 6.45) is 3.78. The number of fused-ring (bicyclic) bond motifs is 1. The van der Waals surface area contributed by atoms with Gasteiger partial charge in [-0.3, -0.25) is 0 Å². The molecule has 1 atom stereocenters. The molecule has 1 heterocycles. The van der Waals surface area contributed by atoms with Crippen molar-refractivity contribution in [3.63, 3.8) is 0 Å². The van der Waals surface area contributed by atoms with Crippen molar-refractivity contribution in [3.05, 3.63) is 53.7 Å². The molecule has 0 N–H and O–H groups in total. The van der Waals surface area contributed by atoms with E-state index in [9.17, 15) is 0 Å². The van der Waals surface area contributed by atoms with Crippen LogP contribution >= 0.6 is 0 Å². The van der Waals surface area contributed by atoms with Gasteiger partial charge in [0, 0.05) is 0 Å². The summed E-state index contributed by atoms with van der Waals surface area (Å²) >= 11 is 2.29. The Morgan fingerprint density at radius 2 is 1.88 bits per heavy atom. The van der Waals surface area contributed by atoms with Gasteiger partial charge in [0.05, 0.1) is 0 Å². The van der Waals surface area contributed by atoms with Crippen molar-refractivity contribution in [2.45, 2.75) is 23.9 Å². The van der Waals surface area contributed by atoms with Gasteiger partial charge in [-0.2, -0.15) is 0 Å². The Morgan fingerprint density at radius 3 is 2.71 bits per heavy atom. The summed E-state index contributed by atoms with van der Waals surface area (Å²) < 4.78 is 0.613. The molecule has 1 unspecified atom stereocenters. The fourth-order valence-corrected chi connectivity index (χ4v) is 2.65. The zero-order valence-corrected chi connectivity index (χ0v) is 10.2. The summed E-state index contributed by atoms with van der Waals surface area (Å²) in [5, 5.41) is 0. The standard InChI is InChI=1S/C15H14N.Li/c1-2-6-12(7-3-1)15-11-10-13-8-4-5-9-14(13)16-15;/h1-3,6-7,9-11H,4-5,8H2;. The molecule has 0 spiro atoms. The fourth-order valence-electron chi connectivity index (χ4n) is 2.65. The van der Waals surface area contributed by atoms with Gasteiger partial charge in [-0.1, -0.05) is 0 Å². The van der Waals surface area contributed by atoms with Gasteiger partial charge < -0.3 is 0 Å². The minimum atomic E-state index is 0.613. The zero-order chi connectivity index (χ0) is 11.7. The summed E-state index contributed by atoms with van der Waals surface area (Å²) in [6.45, 7) is 0. The van der Waals surface area contributed by atoms with Crippen LogP contribution in [0.25, 0.3) is 11.3 Å². The van der Waals surface area contributed by atoms with Crippen LogP contribution in [0.2, 0.25) is 0 Å². The van der Waals surface area contributed by atoms with E-state index in [2.05, 4.69) is 54.1 Å². The van der Waals surface area contributed by atoms with Crippen molar-refractivity contribution >= 4 is 17.7 Å². The molecule has 0 radical (unpaired) electrons. The number of aryl methyl sites for hydroxylation is 1. The Kier molecular flexibility index (Phi) is 3.05. The molecule has 1 aromatic heterocycles. The van der Waals surface area contributed by atoms with Gasteiger partial charge in [0.25, 0.3) is 0 Å².